The Morgan fingerprint density at radius 2 is 1.72 bits per heavy atom. The first-order valence-electron chi connectivity index (χ1n) is 6.17. The fourth-order valence-electron chi connectivity index (χ4n) is 1.70. The van der Waals surface area contributed by atoms with Crippen LogP contribution in [0.2, 0.25) is 0 Å². The van der Waals surface area contributed by atoms with Crippen molar-refractivity contribution in [1.29, 1.82) is 0 Å². The zero-order valence-electron chi connectivity index (χ0n) is 12.0. The van der Waals surface area contributed by atoms with Gasteiger partial charge in [-0.05, 0) is 56.9 Å². The van der Waals surface area contributed by atoms with E-state index in [1.807, 2.05) is 25.1 Å². The zero-order chi connectivity index (χ0) is 14.1. The predicted molar refractivity (Wildman–Crippen MR) is 77.6 cm³/mol. The van der Waals surface area contributed by atoms with Gasteiger partial charge in [0.25, 0.3) is 0 Å². The Balaban J connectivity index is 3.05. The molecule has 18 heavy (non-hydrogen) atoms. The summed E-state index contributed by atoms with van der Waals surface area (Å²) < 4.78 is 25.9. The van der Waals surface area contributed by atoms with E-state index in [1.165, 1.54) is 5.56 Å². The second-order valence-corrected chi connectivity index (χ2v) is 8.38. The second-order valence-electron chi connectivity index (χ2n) is 5.94. The van der Waals surface area contributed by atoms with E-state index in [4.69, 9.17) is 0 Å². The summed E-state index contributed by atoms with van der Waals surface area (Å²) in [4.78, 5) is 0. The first kappa shape index (κ1) is 15.0. The van der Waals surface area contributed by atoms with Gasteiger partial charge in [-0.2, -0.15) is 0 Å². The van der Waals surface area contributed by atoms with Crippen LogP contribution in [-0.2, 0) is 10.0 Å². The Morgan fingerprint density at radius 1 is 1.17 bits per heavy atom. The first-order chi connectivity index (χ1) is 8.04. The van der Waals surface area contributed by atoms with E-state index >= 15 is 0 Å². The Hall–Kier alpha value is -1.03. The third-order valence-electron chi connectivity index (χ3n) is 2.95. The molecular formula is C14H23NO2S. The van der Waals surface area contributed by atoms with Gasteiger partial charge in [-0.3, -0.25) is 4.72 Å². The number of benzene rings is 1. The topological polar surface area (TPSA) is 46.2 Å². The molecule has 102 valence electrons. The summed E-state index contributed by atoms with van der Waals surface area (Å²) in [5, 5.41) is 0. The Labute approximate surface area is 111 Å². The van der Waals surface area contributed by atoms with Crippen LogP contribution in [0.1, 0.15) is 51.7 Å². The smallest absolute Gasteiger partial charge is 0.237 e. The maximum Gasteiger partial charge on any atom is 0.237 e. The Morgan fingerprint density at radius 3 is 2.11 bits per heavy atom. The molecule has 0 radical (unpaired) electrons. The minimum atomic E-state index is -3.35. The largest absolute Gasteiger partial charge is 0.283 e. The highest BCUT2D eigenvalue weighted by Gasteiger charge is 2.28. The fourth-order valence-corrected chi connectivity index (χ4v) is 2.44. The molecule has 0 fully saturated rings. The highest BCUT2D eigenvalue weighted by atomic mass is 32.2. The summed E-state index contributed by atoms with van der Waals surface area (Å²) in [5.41, 5.74) is 2.99. The van der Waals surface area contributed by atoms with Crippen LogP contribution in [0.25, 0.3) is 0 Å². The van der Waals surface area contributed by atoms with E-state index in [2.05, 4.69) is 18.6 Å². The molecule has 3 nitrogen and oxygen atoms in total. The lowest BCUT2D eigenvalue weighted by Gasteiger charge is -2.21. The van der Waals surface area contributed by atoms with E-state index in [0.717, 1.165) is 5.56 Å². The fraction of sp³-hybridized carbons (Fsp3) is 0.571. The van der Waals surface area contributed by atoms with Crippen molar-refractivity contribution in [3.05, 3.63) is 29.3 Å². The van der Waals surface area contributed by atoms with E-state index < -0.39 is 14.8 Å². The summed E-state index contributed by atoms with van der Waals surface area (Å²) in [6.07, 6.45) is 0. The van der Waals surface area contributed by atoms with Gasteiger partial charge in [-0.1, -0.05) is 19.9 Å². The van der Waals surface area contributed by atoms with Gasteiger partial charge in [-0.25, -0.2) is 8.42 Å². The van der Waals surface area contributed by atoms with E-state index in [1.54, 1.807) is 20.8 Å². The highest BCUT2D eigenvalue weighted by molar-refractivity contribution is 7.94. The van der Waals surface area contributed by atoms with Gasteiger partial charge < -0.3 is 0 Å². The van der Waals surface area contributed by atoms with E-state index in [9.17, 15) is 8.42 Å². The molecule has 0 heterocycles. The molecule has 0 aliphatic heterocycles. The van der Waals surface area contributed by atoms with Gasteiger partial charge in [0.15, 0.2) is 0 Å². The molecule has 1 rings (SSSR count). The molecule has 1 aromatic rings. The summed E-state index contributed by atoms with van der Waals surface area (Å²) in [7, 11) is -3.35. The number of hydrogen-bond donors (Lipinski definition) is 1. The molecule has 4 heteroatoms. The van der Waals surface area contributed by atoms with Gasteiger partial charge in [-0.15, -0.1) is 0 Å². The lowest BCUT2D eigenvalue weighted by atomic mass is 9.98. The lowest BCUT2D eigenvalue weighted by Crippen LogP contribution is -2.33. The molecule has 1 aromatic carbocycles. The second kappa shape index (κ2) is 4.92. The average molecular weight is 269 g/mol. The molecule has 0 bridgehead atoms. The van der Waals surface area contributed by atoms with Crippen LogP contribution in [0.3, 0.4) is 0 Å². The van der Waals surface area contributed by atoms with Crippen molar-refractivity contribution in [2.45, 2.75) is 52.2 Å². The SMILES string of the molecule is Cc1cc(NS(=O)(=O)C(C)(C)C)ccc1C(C)C. The van der Waals surface area contributed by atoms with Crippen molar-refractivity contribution in [2.75, 3.05) is 4.72 Å². The molecular weight excluding hydrogens is 246 g/mol. The van der Waals surface area contributed by atoms with Crippen molar-refractivity contribution in [2.24, 2.45) is 0 Å². The van der Waals surface area contributed by atoms with Crippen LogP contribution >= 0.6 is 0 Å². The summed E-state index contributed by atoms with van der Waals surface area (Å²) in [5.74, 6) is 0.443. The summed E-state index contributed by atoms with van der Waals surface area (Å²) in [6.45, 7) is 11.3. The summed E-state index contributed by atoms with van der Waals surface area (Å²) in [6, 6.07) is 5.70. The number of aryl methyl sites for hydroxylation is 1. The predicted octanol–water partition coefficient (Wildman–Crippen LogP) is 3.66. The zero-order valence-corrected chi connectivity index (χ0v) is 12.9. The number of rotatable bonds is 3. The van der Waals surface area contributed by atoms with Crippen LogP contribution in [0.5, 0.6) is 0 Å². The van der Waals surface area contributed by atoms with Crippen LogP contribution in [-0.4, -0.2) is 13.2 Å². The minimum Gasteiger partial charge on any atom is -0.283 e. The normalized spacial score (nSPS) is 12.8. The average Bonchev–Trinajstić information content (AvgIpc) is 2.14. The number of anilines is 1. The molecule has 0 saturated heterocycles. The molecule has 0 saturated carbocycles. The van der Waals surface area contributed by atoms with Crippen molar-refractivity contribution < 1.29 is 8.42 Å². The maximum absolute atomic E-state index is 12.0. The Bertz CT molecular complexity index is 525. The van der Waals surface area contributed by atoms with Crippen molar-refractivity contribution in [3.8, 4) is 0 Å². The van der Waals surface area contributed by atoms with Crippen LogP contribution < -0.4 is 4.72 Å². The first-order valence-corrected chi connectivity index (χ1v) is 7.66. The molecule has 0 amide bonds. The van der Waals surface area contributed by atoms with Crippen LogP contribution in [0, 0.1) is 6.92 Å². The van der Waals surface area contributed by atoms with Crippen molar-refractivity contribution >= 4 is 15.7 Å². The molecule has 0 unspecified atom stereocenters. The van der Waals surface area contributed by atoms with Gasteiger partial charge in [0.1, 0.15) is 0 Å². The van der Waals surface area contributed by atoms with Gasteiger partial charge in [0, 0.05) is 5.69 Å². The summed E-state index contributed by atoms with van der Waals surface area (Å²) >= 11 is 0. The van der Waals surface area contributed by atoms with E-state index in [-0.39, 0.29) is 0 Å². The molecule has 0 aliphatic carbocycles. The third-order valence-corrected chi connectivity index (χ3v) is 5.07. The lowest BCUT2D eigenvalue weighted by molar-refractivity contribution is 0.566. The third kappa shape index (κ3) is 3.25. The van der Waals surface area contributed by atoms with E-state index in [0.29, 0.717) is 11.6 Å². The highest BCUT2D eigenvalue weighted by Crippen LogP contribution is 2.25. The molecule has 1 N–H and O–H groups in total. The standard InChI is InChI=1S/C14H23NO2S/c1-10(2)13-8-7-12(9-11(13)3)15-18(16,17)14(4,5)6/h7-10,15H,1-6H3. The maximum atomic E-state index is 12.0. The molecule has 0 atom stereocenters. The van der Waals surface area contributed by atoms with Crippen molar-refractivity contribution in [1.82, 2.24) is 0 Å². The number of sulfonamides is 1. The van der Waals surface area contributed by atoms with Gasteiger partial charge in [0.2, 0.25) is 10.0 Å². The molecule has 0 aliphatic rings. The van der Waals surface area contributed by atoms with Crippen molar-refractivity contribution in [3.63, 3.8) is 0 Å². The van der Waals surface area contributed by atoms with Gasteiger partial charge >= 0.3 is 0 Å². The van der Waals surface area contributed by atoms with Crippen LogP contribution in [0.4, 0.5) is 5.69 Å². The Kier molecular flexibility index (Phi) is 4.11. The number of nitrogens with one attached hydrogen (secondary N) is 1. The van der Waals surface area contributed by atoms with Gasteiger partial charge in [0.05, 0.1) is 4.75 Å². The quantitative estimate of drug-likeness (QED) is 0.910. The molecule has 0 aromatic heterocycles. The molecule has 0 spiro atoms. The van der Waals surface area contributed by atoms with Crippen LogP contribution in [0.15, 0.2) is 18.2 Å². The number of hydrogen-bond acceptors (Lipinski definition) is 2. The minimum absolute atomic E-state index is 0.443. The monoisotopic (exact) mass is 269 g/mol.